The maximum atomic E-state index is 2.42. The average molecular weight is 210 g/mol. The first-order chi connectivity index (χ1) is 7.74. The third-order valence-electron chi connectivity index (χ3n) is 4.35. The van der Waals surface area contributed by atoms with Crippen LogP contribution in [-0.2, 0) is 11.8 Å². The number of rotatable bonds is 1. The number of hydrogen-bond acceptors (Lipinski definition) is 0. The van der Waals surface area contributed by atoms with Gasteiger partial charge in [0.1, 0.15) is 0 Å². The number of hydrogen-bond donors (Lipinski definition) is 0. The second-order valence-electron chi connectivity index (χ2n) is 5.24. The molecule has 1 unspecified atom stereocenters. The summed E-state index contributed by atoms with van der Waals surface area (Å²) in [6, 6.07) is 13.4. The van der Waals surface area contributed by atoms with E-state index in [0.29, 0.717) is 5.41 Å². The highest BCUT2D eigenvalue weighted by Crippen LogP contribution is 2.44. The summed E-state index contributed by atoms with van der Waals surface area (Å²) in [5, 5.41) is 2.87. The summed E-state index contributed by atoms with van der Waals surface area (Å²) in [4.78, 5) is 0. The van der Waals surface area contributed by atoms with Crippen LogP contribution in [-0.4, -0.2) is 0 Å². The van der Waals surface area contributed by atoms with Crippen LogP contribution in [0.1, 0.15) is 37.8 Å². The zero-order valence-corrected chi connectivity index (χ0v) is 10.1. The van der Waals surface area contributed by atoms with Gasteiger partial charge in [-0.25, -0.2) is 0 Å². The fraction of sp³-hybridized carbons (Fsp3) is 0.375. The van der Waals surface area contributed by atoms with E-state index in [2.05, 4.69) is 50.2 Å². The summed E-state index contributed by atoms with van der Waals surface area (Å²) in [6.45, 7) is 4.74. The van der Waals surface area contributed by atoms with Crippen LogP contribution >= 0.6 is 0 Å². The van der Waals surface area contributed by atoms with Gasteiger partial charge in [0.15, 0.2) is 0 Å². The Morgan fingerprint density at radius 1 is 1.12 bits per heavy atom. The van der Waals surface area contributed by atoms with E-state index in [1.165, 1.54) is 30.0 Å². The molecule has 1 atom stereocenters. The van der Waals surface area contributed by atoms with Gasteiger partial charge >= 0.3 is 0 Å². The quantitative estimate of drug-likeness (QED) is 0.652. The van der Waals surface area contributed by atoms with E-state index in [-0.39, 0.29) is 0 Å². The van der Waals surface area contributed by atoms with Crippen molar-refractivity contribution in [2.45, 2.75) is 38.5 Å². The highest BCUT2D eigenvalue weighted by Gasteiger charge is 2.33. The van der Waals surface area contributed by atoms with Gasteiger partial charge in [0.25, 0.3) is 0 Å². The molecule has 1 aliphatic rings. The molecule has 2 aromatic carbocycles. The van der Waals surface area contributed by atoms with Crippen molar-refractivity contribution in [3.63, 3.8) is 0 Å². The van der Waals surface area contributed by atoms with Crippen LogP contribution in [0.5, 0.6) is 0 Å². The summed E-state index contributed by atoms with van der Waals surface area (Å²) in [6.07, 6.45) is 3.81. The molecule has 0 radical (unpaired) electrons. The van der Waals surface area contributed by atoms with E-state index >= 15 is 0 Å². The van der Waals surface area contributed by atoms with Gasteiger partial charge in [-0.05, 0) is 46.6 Å². The van der Waals surface area contributed by atoms with Crippen molar-refractivity contribution in [1.29, 1.82) is 0 Å². The third kappa shape index (κ3) is 1.22. The summed E-state index contributed by atoms with van der Waals surface area (Å²) < 4.78 is 0. The van der Waals surface area contributed by atoms with Gasteiger partial charge in [-0.3, -0.25) is 0 Å². The van der Waals surface area contributed by atoms with Crippen LogP contribution in [0.4, 0.5) is 0 Å². The molecule has 0 fully saturated rings. The number of benzene rings is 2. The molecule has 0 bridgehead atoms. The van der Waals surface area contributed by atoms with Gasteiger partial charge in [-0.1, -0.05) is 50.2 Å². The van der Waals surface area contributed by atoms with Gasteiger partial charge in [0, 0.05) is 0 Å². The molecule has 0 spiro atoms. The Balaban J connectivity index is 2.37. The SMILES string of the molecule is CCC1(C)CCc2ccc3ccccc3c21. The molecular formula is C16H18. The Labute approximate surface area is 97.3 Å². The zero-order valence-electron chi connectivity index (χ0n) is 10.1. The Hall–Kier alpha value is -1.30. The predicted octanol–water partition coefficient (Wildman–Crippen LogP) is 4.45. The normalized spacial score (nSPS) is 23.6. The molecule has 0 heterocycles. The molecule has 0 saturated heterocycles. The predicted molar refractivity (Wildman–Crippen MR) is 69.9 cm³/mol. The lowest BCUT2D eigenvalue weighted by molar-refractivity contribution is 0.456. The first kappa shape index (κ1) is 9.89. The molecule has 82 valence electrons. The van der Waals surface area contributed by atoms with Crippen molar-refractivity contribution < 1.29 is 0 Å². The molecule has 16 heavy (non-hydrogen) atoms. The first-order valence-electron chi connectivity index (χ1n) is 6.26. The third-order valence-corrected chi connectivity index (χ3v) is 4.35. The zero-order chi connectivity index (χ0) is 11.2. The van der Waals surface area contributed by atoms with Gasteiger partial charge in [0.05, 0.1) is 0 Å². The Morgan fingerprint density at radius 3 is 2.75 bits per heavy atom. The van der Waals surface area contributed by atoms with Crippen LogP contribution in [0.15, 0.2) is 36.4 Å². The highest BCUT2D eigenvalue weighted by molar-refractivity contribution is 5.88. The minimum Gasteiger partial charge on any atom is -0.0645 e. The van der Waals surface area contributed by atoms with E-state index in [0.717, 1.165) is 0 Å². The highest BCUT2D eigenvalue weighted by atomic mass is 14.4. The second kappa shape index (κ2) is 3.35. The molecular weight excluding hydrogens is 192 g/mol. The maximum Gasteiger partial charge on any atom is -0.00658 e. The molecule has 0 amide bonds. The molecule has 1 aliphatic carbocycles. The van der Waals surface area contributed by atoms with Crippen LogP contribution in [0.2, 0.25) is 0 Å². The van der Waals surface area contributed by atoms with Gasteiger partial charge < -0.3 is 0 Å². The van der Waals surface area contributed by atoms with Crippen molar-refractivity contribution in [2.75, 3.05) is 0 Å². The van der Waals surface area contributed by atoms with Crippen LogP contribution in [0.3, 0.4) is 0 Å². The van der Waals surface area contributed by atoms with Gasteiger partial charge in [0.2, 0.25) is 0 Å². The monoisotopic (exact) mass is 210 g/mol. The lowest BCUT2D eigenvalue weighted by atomic mass is 9.79. The van der Waals surface area contributed by atoms with E-state index in [9.17, 15) is 0 Å². The summed E-state index contributed by atoms with van der Waals surface area (Å²) in [5.74, 6) is 0. The first-order valence-corrected chi connectivity index (χ1v) is 6.26. The molecule has 3 rings (SSSR count). The summed E-state index contributed by atoms with van der Waals surface area (Å²) >= 11 is 0. The van der Waals surface area contributed by atoms with E-state index in [1.54, 1.807) is 11.1 Å². The fourth-order valence-electron chi connectivity index (χ4n) is 3.13. The molecule has 0 nitrogen and oxygen atoms in total. The second-order valence-corrected chi connectivity index (χ2v) is 5.24. The number of fused-ring (bicyclic) bond motifs is 3. The smallest absolute Gasteiger partial charge is 0.00658 e. The minimum atomic E-state index is 0.399. The molecule has 0 heteroatoms. The standard InChI is InChI=1S/C16H18/c1-3-16(2)11-10-13-9-8-12-6-4-5-7-14(12)15(13)16/h4-9H,3,10-11H2,1-2H3. The van der Waals surface area contributed by atoms with Crippen LogP contribution in [0, 0.1) is 0 Å². The molecule has 2 aromatic rings. The van der Waals surface area contributed by atoms with Crippen molar-refractivity contribution >= 4 is 10.8 Å². The minimum absolute atomic E-state index is 0.399. The Kier molecular flexibility index (Phi) is 2.07. The van der Waals surface area contributed by atoms with Crippen LogP contribution < -0.4 is 0 Å². The number of aryl methyl sites for hydroxylation is 1. The van der Waals surface area contributed by atoms with E-state index < -0.39 is 0 Å². The largest absolute Gasteiger partial charge is 0.0645 e. The van der Waals surface area contributed by atoms with Crippen molar-refractivity contribution in [1.82, 2.24) is 0 Å². The van der Waals surface area contributed by atoms with E-state index in [1.807, 2.05) is 0 Å². The average Bonchev–Trinajstić information content (AvgIpc) is 2.68. The topological polar surface area (TPSA) is 0 Å². The lowest BCUT2D eigenvalue weighted by Crippen LogP contribution is -2.16. The summed E-state index contributed by atoms with van der Waals surface area (Å²) in [7, 11) is 0. The maximum absolute atomic E-state index is 2.42. The van der Waals surface area contributed by atoms with Gasteiger partial charge in [-0.15, -0.1) is 0 Å². The molecule has 0 N–H and O–H groups in total. The van der Waals surface area contributed by atoms with Crippen molar-refractivity contribution in [3.8, 4) is 0 Å². The van der Waals surface area contributed by atoms with Crippen molar-refractivity contribution in [3.05, 3.63) is 47.5 Å². The lowest BCUT2D eigenvalue weighted by Gasteiger charge is -2.25. The van der Waals surface area contributed by atoms with Crippen molar-refractivity contribution in [2.24, 2.45) is 0 Å². The fourth-order valence-corrected chi connectivity index (χ4v) is 3.13. The Bertz CT molecular complexity index is 539. The van der Waals surface area contributed by atoms with E-state index in [4.69, 9.17) is 0 Å². The van der Waals surface area contributed by atoms with Crippen LogP contribution in [0.25, 0.3) is 10.8 Å². The molecule has 0 saturated carbocycles. The Morgan fingerprint density at radius 2 is 1.94 bits per heavy atom. The summed E-state index contributed by atoms with van der Waals surface area (Å²) in [5.41, 5.74) is 3.59. The molecule has 0 aromatic heterocycles. The molecule has 0 aliphatic heterocycles. The van der Waals surface area contributed by atoms with Gasteiger partial charge in [-0.2, -0.15) is 0 Å².